The Kier molecular flexibility index (Phi) is 3.60. The van der Waals surface area contributed by atoms with Gasteiger partial charge in [-0.2, -0.15) is 0 Å². The van der Waals surface area contributed by atoms with Crippen molar-refractivity contribution in [1.82, 2.24) is 4.98 Å². The Balaban J connectivity index is 1.77. The highest BCUT2D eigenvalue weighted by Crippen LogP contribution is 2.32. The number of hydrogen-bond donors (Lipinski definition) is 0. The van der Waals surface area contributed by atoms with Crippen LogP contribution in [0.25, 0.3) is 10.9 Å². The number of anilines is 1. The van der Waals surface area contributed by atoms with Crippen molar-refractivity contribution in [3.63, 3.8) is 0 Å². The molecule has 3 heteroatoms. The molecule has 0 radical (unpaired) electrons. The lowest BCUT2D eigenvalue weighted by molar-refractivity contribution is 0.0981. The van der Waals surface area contributed by atoms with Gasteiger partial charge in [-0.1, -0.05) is 51.1 Å². The van der Waals surface area contributed by atoms with Crippen LogP contribution in [0.3, 0.4) is 0 Å². The minimum atomic E-state index is 0.0693. The zero-order chi connectivity index (χ0) is 17.6. The number of nitrogens with zero attached hydrogens (tertiary/aromatic N) is 2. The summed E-state index contributed by atoms with van der Waals surface area (Å²) in [5, 5.41) is 1.06. The number of amides is 1. The van der Waals surface area contributed by atoms with Crippen LogP contribution < -0.4 is 4.90 Å². The molecule has 0 atom stereocenters. The second-order valence-electron chi connectivity index (χ2n) is 7.68. The van der Waals surface area contributed by atoms with Crippen molar-refractivity contribution in [1.29, 1.82) is 0 Å². The summed E-state index contributed by atoms with van der Waals surface area (Å²) >= 11 is 0. The Morgan fingerprint density at radius 1 is 1.04 bits per heavy atom. The standard InChI is InChI=1S/C22H22N2O/c1-22(2,3)17-9-10-18-16(14-17)11-13-24(21(18)25)19-8-4-6-15-7-5-12-23-20(15)19/h4-10,12,14H,11,13H2,1-3H3. The van der Waals surface area contributed by atoms with Gasteiger partial charge in [-0.05, 0) is 41.2 Å². The molecule has 0 bridgehead atoms. The SMILES string of the molecule is CC(C)(C)c1ccc2c(c1)CCN(c1cccc3cccnc13)C2=O. The second-order valence-corrected chi connectivity index (χ2v) is 7.68. The first-order valence-corrected chi connectivity index (χ1v) is 8.74. The first-order chi connectivity index (χ1) is 11.9. The highest BCUT2D eigenvalue weighted by Gasteiger charge is 2.28. The third kappa shape index (κ3) is 2.70. The van der Waals surface area contributed by atoms with E-state index in [2.05, 4.69) is 37.9 Å². The number of aromatic nitrogens is 1. The summed E-state index contributed by atoms with van der Waals surface area (Å²) in [6.45, 7) is 7.30. The lowest BCUT2D eigenvalue weighted by Crippen LogP contribution is -2.38. The van der Waals surface area contributed by atoms with Crippen molar-refractivity contribution >= 4 is 22.5 Å². The third-order valence-electron chi connectivity index (χ3n) is 4.95. The normalized spacial score (nSPS) is 14.7. The maximum atomic E-state index is 13.1. The van der Waals surface area contributed by atoms with E-state index < -0.39 is 0 Å². The zero-order valence-corrected chi connectivity index (χ0v) is 14.9. The molecule has 1 aromatic heterocycles. The van der Waals surface area contributed by atoms with Gasteiger partial charge in [0.2, 0.25) is 0 Å². The summed E-state index contributed by atoms with van der Waals surface area (Å²) in [4.78, 5) is 19.5. The molecule has 0 N–H and O–H groups in total. The fourth-order valence-corrected chi connectivity index (χ4v) is 3.49. The number of pyridine rings is 1. The van der Waals surface area contributed by atoms with Gasteiger partial charge in [-0.25, -0.2) is 0 Å². The minimum absolute atomic E-state index is 0.0693. The van der Waals surface area contributed by atoms with Crippen molar-refractivity contribution < 1.29 is 4.79 Å². The fourth-order valence-electron chi connectivity index (χ4n) is 3.49. The molecule has 3 aromatic rings. The van der Waals surface area contributed by atoms with E-state index in [1.165, 1.54) is 5.56 Å². The van der Waals surface area contributed by atoms with Crippen molar-refractivity contribution in [2.75, 3.05) is 11.4 Å². The zero-order valence-electron chi connectivity index (χ0n) is 14.9. The summed E-state index contributed by atoms with van der Waals surface area (Å²) in [6.07, 6.45) is 2.65. The minimum Gasteiger partial charge on any atom is -0.306 e. The highest BCUT2D eigenvalue weighted by atomic mass is 16.2. The summed E-state index contributed by atoms with van der Waals surface area (Å²) in [5.74, 6) is 0.0693. The molecule has 3 nitrogen and oxygen atoms in total. The van der Waals surface area contributed by atoms with Gasteiger partial charge < -0.3 is 4.90 Å². The molecule has 0 fully saturated rings. The van der Waals surface area contributed by atoms with Gasteiger partial charge in [0, 0.05) is 23.7 Å². The second kappa shape index (κ2) is 5.69. The summed E-state index contributed by atoms with van der Waals surface area (Å²) in [7, 11) is 0. The Morgan fingerprint density at radius 3 is 2.64 bits per heavy atom. The summed E-state index contributed by atoms with van der Waals surface area (Å²) in [5.41, 5.74) is 5.12. The molecule has 0 saturated carbocycles. The number of rotatable bonds is 1. The van der Waals surface area contributed by atoms with Crippen molar-refractivity contribution in [2.24, 2.45) is 0 Å². The van der Waals surface area contributed by atoms with Crippen LogP contribution in [-0.2, 0) is 11.8 Å². The lowest BCUT2D eigenvalue weighted by atomic mass is 9.84. The van der Waals surface area contributed by atoms with Crippen LogP contribution in [0.5, 0.6) is 0 Å². The number of benzene rings is 2. The predicted molar refractivity (Wildman–Crippen MR) is 102 cm³/mol. The van der Waals surface area contributed by atoms with Gasteiger partial charge in [-0.15, -0.1) is 0 Å². The van der Waals surface area contributed by atoms with Crippen LogP contribution in [0, 0.1) is 0 Å². The summed E-state index contributed by atoms with van der Waals surface area (Å²) < 4.78 is 0. The molecule has 0 aliphatic carbocycles. The van der Waals surface area contributed by atoms with E-state index in [-0.39, 0.29) is 11.3 Å². The van der Waals surface area contributed by atoms with Crippen molar-refractivity contribution in [3.8, 4) is 0 Å². The van der Waals surface area contributed by atoms with Gasteiger partial charge in [0.25, 0.3) is 5.91 Å². The maximum Gasteiger partial charge on any atom is 0.258 e. The topological polar surface area (TPSA) is 33.2 Å². The highest BCUT2D eigenvalue weighted by molar-refractivity contribution is 6.11. The van der Waals surface area contributed by atoms with E-state index in [9.17, 15) is 4.79 Å². The molecule has 1 amide bonds. The van der Waals surface area contributed by atoms with Gasteiger partial charge >= 0.3 is 0 Å². The Hall–Kier alpha value is -2.68. The van der Waals surface area contributed by atoms with E-state index in [1.807, 2.05) is 41.3 Å². The molecule has 0 unspecified atom stereocenters. The van der Waals surface area contributed by atoms with Crippen molar-refractivity contribution in [2.45, 2.75) is 32.6 Å². The van der Waals surface area contributed by atoms with E-state index in [4.69, 9.17) is 0 Å². The maximum absolute atomic E-state index is 13.1. The largest absolute Gasteiger partial charge is 0.306 e. The third-order valence-corrected chi connectivity index (χ3v) is 4.95. The Bertz CT molecular complexity index is 964. The monoisotopic (exact) mass is 330 g/mol. The van der Waals surface area contributed by atoms with Gasteiger partial charge in [0.15, 0.2) is 0 Å². The molecule has 0 spiro atoms. The average Bonchev–Trinajstić information content (AvgIpc) is 2.61. The molecule has 2 heterocycles. The predicted octanol–water partition coefficient (Wildman–Crippen LogP) is 4.74. The Morgan fingerprint density at radius 2 is 1.84 bits per heavy atom. The molecule has 1 aliphatic rings. The fraction of sp³-hybridized carbons (Fsp3) is 0.273. The molecular weight excluding hydrogens is 308 g/mol. The smallest absolute Gasteiger partial charge is 0.258 e. The molecular formula is C22H22N2O. The molecule has 4 rings (SSSR count). The van der Waals surface area contributed by atoms with Crippen LogP contribution in [0.4, 0.5) is 5.69 Å². The molecule has 126 valence electrons. The van der Waals surface area contributed by atoms with Gasteiger partial charge in [-0.3, -0.25) is 9.78 Å². The van der Waals surface area contributed by atoms with Crippen molar-refractivity contribution in [3.05, 3.63) is 71.4 Å². The number of hydrogen-bond acceptors (Lipinski definition) is 2. The number of carbonyl (C=O) groups is 1. The number of para-hydroxylation sites is 1. The van der Waals surface area contributed by atoms with Gasteiger partial charge in [0.05, 0.1) is 11.2 Å². The first-order valence-electron chi connectivity index (χ1n) is 8.74. The van der Waals surface area contributed by atoms with Crippen LogP contribution in [0.15, 0.2) is 54.7 Å². The number of fused-ring (bicyclic) bond motifs is 2. The van der Waals surface area contributed by atoms with Crippen LogP contribution >= 0.6 is 0 Å². The van der Waals surface area contributed by atoms with E-state index >= 15 is 0 Å². The molecule has 0 saturated heterocycles. The quantitative estimate of drug-likeness (QED) is 0.646. The van der Waals surface area contributed by atoms with Crippen LogP contribution in [0.2, 0.25) is 0 Å². The van der Waals surface area contributed by atoms with E-state index in [0.717, 1.165) is 34.1 Å². The van der Waals surface area contributed by atoms with Crippen LogP contribution in [0.1, 0.15) is 42.3 Å². The lowest BCUT2D eigenvalue weighted by Gasteiger charge is -2.30. The first kappa shape index (κ1) is 15.8. The average molecular weight is 330 g/mol. The van der Waals surface area contributed by atoms with Gasteiger partial charge in [0.1, 0.15) is 0 Å². The molecule has 25 heavy (non-hydrogen) atoms. The van der Waals surface area contributed by atoms with E-state index in [0.29, 0.717) is 6.54 Å². The molecule has 2 aromatic carbocycles. The molecule has 1 aliphatic heterocycles. The van der Waals surface area contributed by atoms with E-state index in [1.54, 1.807) is 6.20 Å². The van der Waals surface area contributed by atoms with Crippen LogP contribution in [-0.4, -0.2) is 17.4 Å². The summed E-state index contributed by atoms with van der Waals surface area (Å²) in [6, 6.07) is 16.2. The Labute approximate surface area is 148 Å². The number of carbonyl (C=O) groups excluding carboxylic acids is 1.